The summed E-state index contributed by atoms with van der Waals surface area (Å²) in [7, 11) is 1.52. The summed E-state index contributed by atoms with van der Waals surface area (Å²) < 4.78 is 17.7. The Labute approximate surface area is 207 Å². The van der Waals surface area contributed by atoms with Crippen molar-refractivity contribution in [1.29, 1.82) is 0 Å². The predicted molar refractivity (Wildman–Crippen MR) is 132 cm³/mol. The Kier molecular flexibility index (Phi) is 7.27. The molecule has 9 heteroatoms. The number of hydrogen-bond acceptors (Lipinski definition) is 6. The van der Waals surface area contributed by atoms with Crippen LogP contribution >= 0.6 is 39.3 Å². The van der Waals surface area contributed by atoms with Crippen LogP contribution in [-0.2, 0) is 11.4 Å². The Morgan fingerprint density at radius 2 is 1.97 bits per heavy atom. The van der Waals surface area contributed by atoms with Crippen molar-refractivity contribution in [2.24, 2.45) is 0 Å². The van der Waals surface area contributed by atoms with Gasteiger partial charge in [-0.05, 0) is 81.3 Å². The van der Waals surface area contributed by atoms with Gasteiger partial charge in [0, 0.05) is 5.02 Å². The Balaban J connectivity index is 1.58. The van der Waals surface area contributed by atoms with Gasteiger partial charge in [0.05, 0.1) is 11.6 Å². The van der Waals surface area contributed by atoms with Crippen LogP contribution in [0.25, 0.3) is 17.2 Å². The summed E-state index contributed by atoms with van der Waals surface area (Å²) in [5, 5.41) is 10.6. The van der Waals surface area contributed by atoms with Gasteiger partial charge in [-0.1, -0.05) is 35.9 Å². The van der Waals surface area contributed by atoms with Crippen LogP contribution in [0, 0.1) is 0 Å². The number of halogens is 2. The molecule has 168 valence electrons. The molecule has 0 fully saturated rings. The molecular formula is C24H17BrClNO5S. The van der Waals surface area contributed by atoms with E-state index in [0.717, 1.165) is 17.3 Å². The SMILES string of the molecule is COc1cc(/C=C(\Sc2nc3ccccc3o2)C(=O)O)cc(Br)c1OCc1ccc(Cl)cc1. The number of carbonyl (C=O) groups is 1. The largest absolute Gasteiger partial charge is 0.493 e. The molecule has 6 nitrogen and oxygen atoms in total. The normalized spacial score (nSPS) is 11.5. The smallest absolute Gasteiger partial charge is 0.342 e. The van der Waals surface area contributed by atoms with Gasteiger partial charge in [0.15, 0.2) is 17.1 Å². The summed E-state index contributed by atoms with van der Waals surface area (Å²) in [6, 6.07) is 18.1. The maximum Gasteiger partial charge on any atom is 0.342 e. The predicted octanol–water partition coefficient (Wildman–Crippen LogP) is 7.05. The van der Waals surface area contributed by atoms with Crippen LogP contribution in [0.15, 0.2) is 79.7 Å². The maximum absolute atomic E-state index is 11.9. The lowest BCUT2D eigenvalue weighted by molar-refractivity contribution is -0.131. The zero-order valence-corrected chi connectivity index (χ0v) is 20.4. The van der Waals surface area contributed by atoms with E-state index in [0.29, 0.717) is 44.3 Å². The number of nitrogens with zero attached hydrogens (tertiary/aromatic N) is 1. The van der Waals surface area contributed by atoms with Crippen molar-refractivity contribution in [3.63, 3.8) is 0 Å². The highest BCUT2D eigenvalue weighted by Crippen LogP contribution is 2.39. The average Bonchev–Trinajstić information content (AvgIpc) is 3.21. The number of hydrogen-bond donors (Lipinski definition) is 1. The summed E-state index contributed by atoms with van der Waals surface area (Å²) in [4.78, 5) is 16.3. The molecule has 0 amide bonds. The number of para-hydroxylation sites is 2. The molecule has 1 heterocycles. The van der Waals surface area contributed by atoms with E-state index in [2.05, 4.69) is 20.9 Å². The molecule has 3 aromatic carbocycles. The van der Waals surface area contributed by atoms with Crippen molar-refractivity contribution in [2.75, 3.05) is 7.11 Å². The van der Waals surface area contributed by atoms with Crippen LogP contribution < -0.4 is 9.47 Å². The highest BCUT2D eigenvalue weighted by molar-refractivity contribution is 9.10. The first-order chi connectivity index (χ1) is 15.9. The minimum absolute atomic E-state index is 0.0466. The number of thioether (sulfide) groups is 1. The molecule has 0 aliphatic carbocycles. The maximum atomic E-state index is 11.9. The molecular weight excluding hydrogens is 530 g/mol. The van der Waals surface area contributed by atoms with Crippen molar-refractivity contribution in [1.82, 2.24) is 4.98 Å². The standard InChI is InChI=1S/C24H17BrClNO5S/c1-30-20-11-15(10-17(25)22(20)31-13-14-6-8-16(26)9-7-14)12-21(23(28)29)33-24-27-18-4-2-3-5-19(18)32-24/h2-12H,13H2,1H3,(H,28,29)/b21-12-. The van der Waals surface area contributed by atoms with Gasteiger partial charge in [0.25, 0.3) is 5.22 Å². The lowest BCUT2D eigenvalue weighted by Crippen LogP contribution is -2.00. The Morgan fingerprint density at radius 1 is 1.21 bits per heavy atom. The molecule has 0 spiro atoms. The van der Waals surface area contributed by atoms with Crippen LogP contribution in [0.5, 0.6) is 11.5 Å². The zero-order chi connectivity index (χ0) is 23.4. The first kappa shape index (κ1) is 23.2. The number of carboxylic acids is 1. The monoisotopic (exact) mass is 545 g/mol. The van der Waals surface area contributed by atoms with Gasteiger partial charge >= 0.3 is 5.97 Å². The Bertz CT molecular complexity index is 1300. The van der Waals surface area contributed by atoms with Crippen LogP contribution in [-0.4, -0.2) is 23.2 Å². The first-order valence-electron chi connectivity index (χ1n) is 9.66. The van der Waals surface area contributed by atoms with Crippen molar-refractivity contribution < 1.29 is 23.8 Å². The summed E-state index contributed by atoms with van der Waals surface area (Å²) in [5.41, 5.74) is 2.81. The molecule has 0 bridgehead atoms. The van der Waals surface area contributed by atoms with Crippen LogP contribution in [0.2, 0.25) is 5.02 Å². The summed E-state index contributed by atoms with van der Waals surface area (Å²) in [5.74, 6) is -0.130. The fourth-order valence-electron chi connectivity index (χ4n) is 2.97. The molecule has 0 radical (unpaired) electrons. The first-order valence-corrected chi connectivity index (χ1v) is 11.6. The molecule has 1 N–H and O–H groups in total. The molecule has 33 heavy (non-hydrogen) atoms. The molecule has 0 aliphatic heterocycles. The van der Waals surface area contributed by atoms with Gasteiger partial charge in [-0.25, -0.2) is 9.78 Å². The highest BCUT2D eigenvalue weighted by atomic mass is 79.9. The molecule has 0 unspecified atom stereocenters. The lowest BCUT2D eigenvalue weighted by atomic mass is 10.2. The molecule has 0 saturated carbocycles. The lowest BCUT2D eigenvalue weighted by Gasteiger charge is -2.14. The van der Waals surface area contributed by atoms with Crippen LogP contribution in [0.4, 0.5) is 0 Å². The van der Waals surface area contributed by atoms with Crippen molar-refractivity contribution in [3.8, 4) is 11.5 Å². The number of methoxy groups -OCH3 is 1. The molecule has 0 aliphatic rings. The Morgan fingerprint density at radius 3 is 2.67 bits per heavy atom. The van der Waals surface area contributed by atoms with Gasteiger partial charge in [-0.15, -0.1) is 0 Å². The number of ether oxygens (including phenoxy) is 2. The van der Waals surface area contributed by atoms with Crippen LogP contribution in [0.1, 0.15) is 11.1 Å². The van der Waals surface area contributed by atoms with E-state index in [1.54, 1.807) is 36.4 Å². The van der Waals surface area contributed by atoms with E-state index in [1.807, 2.05) is 24.3 Å². The second kappa shape index (κ2) is 10.3. The summed E-state index contributed by atoms with van der Waals surface area (Å²) in [6.45, 7) is 0.315. The molecule has 4 rings (SSSR count). The van der Waals surface area contributed by atoms with Gasteiger partial charge in [0.2, 0.25) is 0 Å². The van der Waals surface area contributed by atoms with E-state index in [4.69, 9.17) is 25.5 Å². The Hall–Kier alpha value is -2.94. The minimum atomic E-state index is -1.10. The second-order valence-electron chi connectivity index (χ2n) is 6.81. The summed E-state index contributed by atoms with van der Waals surface area (Å²) >= 11 is 10.4. The van der Waals surface area contributed by atoms with E-state index in [-0.39, 0.29) is 10.1 Å². The molecule has 4 aromatic rings. The fourth-order valence-corrected chi connectivity index (χ4v) is 4.42. The average molecular weight is 547 g/mol. The third kappa shape index (κ3) is 5.71. The number of oxazole rings is 1. The minimum Gasteiger partial charge on any atom is -0.493 e. The number of rotatable bonds is 8. The van der Waals surface area contributed by atoms with Crippen molar-refractivity contribution in [3.05, 3.63) is 86.2 Å². The quantitative estimate of drug-likeness (QED) is 0.187. The second-order valence-corrected chi connectivity index (χ2v) is 9.10. The van der Waals surface area contributed by atoms with Gasteiger partial charge in [0.1, 0.15) is 17.0 Å². The topological polar surface area (TPSA) is 81.8 Å². The zero-order valence-electron chi connectivity index (χ0n) is 17.2. The van der Waals surface area contributed by atoms with E-state index in [1.165, 1.54) is 13.2 Å². The van der Waals surface area contributed by atoms with Gasteiger partial charge in [-0.3, -0.25) is 0 Å². The van der Waals surface area contributed by atoms with Crippen molar-refractivity contribution in [2.45, 2.75) is 11.8 Å². The molecule has 1 aromatic heterocycles. The number of aromatic nitrogens is 1. The molecule has 0 saturated heterocycles. The van der Waals surface area contributed by atoms with Crippen molar-refractivity contribution >= 4 is 62.4 Å². The number of aliphatic carboxylic acids is 1. The highest BCUT2D eigenvalue weighted by Gasteiger charge is 2.17. The van der Waals surface area contributed by atoms with E-state index in [9.17, 15) is 9.90 Å². The van der Waals surface area contributed by atoms with E-state index < -0.39 is 5.97 Å². The number of fused-ring (bicyclic) bond motifs is 1. The molecule has 0 atom stereocenters. The third-order valence-electron chi connectivity index (χ3n) is 4.53. The van der Waals surface area contributed by atoms with E-state index >= 15 is 0 Å². The third-order valence-corrected chi connectivity index (χ3v) is 6.23. The van der Waals surface area contributed by atoms with Gasteiger partial charge < -0.3 is 19.0 Å². The number of benzene rings is 3. The van der Waals surface area contributed by atoms with Crippen LogP contribution in [0.3, 0.4) is 0 Å². The summed E-state index contributed by atoms with van der Waals surface area (Å²) in [6.07, 6.45) is 1.53. The fraction of sp³-hybridized carbons (Fsp3) is 0.0833. The van der Waals surface area contributed by atoms with Gasteiger partial charge in [-0.2, -0.15) is 0 Å². The number of carboxylic acid groups (broad SMARTS) is 1.